The number of allylic oxidation sites excluding steroid dienone is 4. The monoisotopic (exact) mass is 388 g/mol. The minimum Gasteiger partial charge on any atom is -0.0752 e. The van der Waals surface area contributed by atoms with Crippen molar-refractivity contribution < 1.29 is 0 Å². The van der Waals surface area contributed by atoms with Gasteiger partial charge in [0.15, 0.2) is 0 Å². The molecular formula is C18H14Br2. The first-order valence-corrected chi connectivity index (χ1v) is 8.16. The molecule has 0 saturated heterocycles. The third-order valence-corrected chi connectivity index (χ3v) is 5.15. The van der Waals surface area contributed by atoms with Gasteiger partial charge in [-0.3, -0.25) is 0 Å². The van der Waals surface area contributed by atoms with Gasteiger partial charge >= 0.3 is 0 Å². The Bertz CT molecular complexity index is 654. The molecule has 100 valence electrons. The molecule has 0 aliphatic heterocycles. The van der Waals surface area contributed by atoms with Crippen LogP contribution in [-0.4, -0.2) is 0 Å². The van der Waals surface area contributed by atoms with E-state index < -0.39 is 0 Å². The maximum Gasteiger partial charge on any atom is 0.0723 e. The second-order valence-electron chi connectivity index (χ2n) is 4.93. The van der Waals surface area contributed by atoms with Gasteiger partial charge in [-0.05, 0) is 35.3 Å². The van der Waals surface area contributed by atoms with Crippen LogP contribution in [0.1, 0.15) is 17.5 Å². The first-order valence-electron chi connectivity index (χ1n) is 6.57. The van der Waals surface area contributed by atoms with Gasteiger partial charge in [0, 0.05) is 4.47 Å². The molecule has 20 heavy (non-hydrogen) atoms. The van der Waals surface area contributed by atoms with Gasteiger partial charge in [0.25, 0.3) is 0 Å². The van der Waals surface area contributed by atoms with Crippen molar-refractivity contribution >= 4 is 37.4 Å². The van der Waals surface area contributed by atoms with Crippen molar-refractivity contribution in [3.8, 4) is 0 Å². The lowest BCUT2D eigenvalue weighted by Crippen LogP contribution is -2.16. The van der Waals surface area contributed by atoms with Gasteiger partial charge in [-0.25, -0.2) is 0 Å². The number of halogens is 2. The molecule has 0 radical (unpaired) electrons. The predicted molar refractivity (Wildman–Crippen MR) is 92.9 cm³/mol. The van der Waals surface area contributed by atoms with Crippen LogP contribution in [0.2, 0.25) is 0 Å². The molecule has 0 unspecified atom stereocenters. The minimum atomic E-state index is -0.0763. The maximum absolute atomic E-state index is 3.88. The average molecular weight is 390 g/mol. The third-order valence-electron chi connectivity index (χ3n) is 3.58. The molecule has 0 heterocycles. The quantitative estimate of drug-likeness (QED) is 0.545. The summed E-state index contributed by atoms with van der Waals surface area (Å²) in [5, 5.41) is 0. The molecule has 0 nitrogen and oxygen atoms in total. The van der Waals surface area contributed by atoms with Gasteiger partial charge in [0.2, 0.25) is 0 Å². The van der Waals surface area contributed by atoms with Crippen molar-refractivity contribution in [3.63, 3.8) is 0 Å². The molecule has 1 aliphatic carbocycles. The van der Waals surface area contributed by atoms with Gasteiger partial charge in [0.1, 0.15) is 0 Å². The number of hydrogen-bond donors (Lipinski definition) is 0. The molecular weight excluding hydrogens is 376 g/mol. The first-order chi connectivity index (χ1) is 9.67. The summed E-state index contributed by atoms with van der Waals surface area (Å²) in [7, 11) is 0. The van der Waals surface area contributed by atoms with E-state index in [1.54, 1.807) is 0 Å². The SMILES string of the molecule is Brc1ccc(C2=CC[C@](Br)(c3ccccc3)C=C2)cc1. The fraction of sp³-hybridized carbons (Fsp3) is 0.111. The first kappa shape index (κ1) is 13.8. The van der Waals surface area contributed by atoms with Crippen LogP contribution in [0.3, 0.4) is 0 Å². The highest BCUT2D eigenvalue weighted by Crippen LogP contribution is 2.41. The molecule has 0 fully saturated rings. The molecule has 0 aromatic heterocycles. The highest BCUT2D eigenvalue weighted by atomic mass is 79.9. The highest BCUT2D eigenvalue weighted by molar-refractivity contribution is 9.10. The van der Waals surface area contributed by atoms with Crippen LogP contribution in [0.15, 0.2) is 77.3 Å². The normalized spacial score (nSPS) is 21.6. The number of hydrogen-bond acceptors (Lipinski definition) is 0. The average Bonchev–Trinajstić information content (AvgIpc) is 2.50. The Kier molecular flexibility index (Phi) is 3.95. The summed E-state index contributed by atoms with van der Waals surface area (Å²) in [6.07, 6.45) is 7.71. The summed E-state index contributed by atoms with van der Waals surface area (Å²) >= 11 is 7.35. The Morgan fingerprint density at radius 1 is 0.900 bits per heavy atom. The fourth-order valence-electron chi connectivity index (χ4n) is 2.40. The topological polar surface area (TPSA) is 0 Å². The molecule has 0 saturated carbocycles. The van der Waals surface area contributed by atoms with Gasteiger partial charge < -0.3 is 0 Å². The molecule has 1 aliphatic rings. The standard InChI is InChI=1S/C18H14Br2/c19-17-8-6-14(7-9-17)15-10-12-18(20,13-11-15)16-4-2-1-3-5-16/h1-12H,13H2/t18-/m0/s1. The molecule has 2 aromatic rings. The Morgan fingerprint density at radius 2 is 1.60 bits per heavy atom. The Hall–Kier alpha value is -1.12. The van der Waals surface area contributed by atoms with E-state index in [0.29, 0.717) is 0 Å². The van der Waals surface area contributed by atoms with Crippen LogP contribution in [-0.2, 0) is 4.32 Å². The summed E-state index contributed by atoms with van der Waals surface area (Å²) in [5.41, 5.74) is 3.83. The van der Waals surface area contributed by atoms with Crippen molar-refractivity contribution in [2.24, 2.45) is 0 Å². The molecule has 0 bridgehead atoms. The maximum atomic E-state index is 3.88. The molecule has 3 rings (SSSR count). The van der Waals surface area contributed by atoms with Gasteiger partial charge in [-0.2, -0.15) is 0 Å². The van der Waals surface area contributed by atoms with Crippen LogP contribution in [0, 0.1) is 0 Å². The van der Waals surface area contributed by atoms with Crippen molar-refractivity contribution in [2.75, 3.05) is 0 Å². The summed E-state index contributed by atoms with van der Waals surface area (Å²) in [5.74, 6) is 0. The van der Waals surface area contributed by atoms with E-state index >= 15 is 0 Å². The molecule has 0 amide bonds. The second-order valence-corrected chi connectivity index (χ2v) is 7.26. The summed E-state index contributed by atoms with van der Waals surface area (Å²) in [6, 6.07) is 19.0. The number of benzene rings is 2. The molecule has 2 aromatic carbocycles. The van der Waals surface area contributed by atoms with Crippen LogP contribution in [0.25, 0.3) is 5.57 Å². The van der Waals surface area contributed by atoms with Crippen molar-refractivity contribution in [2.45, 2.75) is 10.7 Å². The van der Waals surface area contributed by atoms with E-state index in [1.165, 1.54) is 16.7 Å². The second kappa shape index (κ2) is 5.71. The largest absolute Gasteiger partial charge is 0.0752 e. The summed E-state index contributed by atoms with van der Waals surface area (Å²) < 4.78 is 1.04. The lowest BCUT2D eigenvalue weighted by Gasteiger charge is -2.26. The Morgan fingerprint density at radius 3 is 2.20 bits per heavy atom. The van der Waals surface area contributed by atoms with E-state index in [-0.39, 0.29) is 4.32 Å². The van der Waals surface area contributed by atoms with Crippen molar-refractivity contribution in [1.29, 1.82) is 0 Å². The Labute approximate surface area is 136 Å². The van der Waals surface area contributed by atoms with Crippen LogP contribution in [0.4, 0.5) is 0 Å². The van der Waals surface area contributed by atoms with Gasteiger partial charge in [-0.1, -0.05) is 92.6 Å². The molecule has 2 heteroatoms. The lowest BCUT2D eigenvalue weighted by molar-refractivity contribution is 0.800. The van der Waals surface area contributed by atoms with Crippen LogP contribution >= 0.6 is 31.9 Å². The Balaban J connectivity index is 1.85. The summed E-state index contributed by atoms with van der Waals surface area (Å²) in [6.45, 7) is 0. The van der Waals surface area contributed by atoms with Gasteiger partial charge in [0.05, 0.1) is 4.32 Å². The van der Waals surface area contributed by atoms with Gasteiger partial charge in [-0.15, -0.1) is 0 Å². The smallest absolute Gasteiger partial charge is 0.0723 e. The molecule has 1 atom stereocenters. The van der Waals surface area contributed by atoms with E-state index in [4.69, 9.17) is 0 Å². The predicted octanol–water partition coefficient (Wildman–Crippen LogP) is 6.08. The zero-order chi connectivity index (χ0) is 14.0. The van der Waals surface area contributed by atoms with Crippen molar-refractivity contribution in [3.05, 3.63) is 88.4 Å². The molecule has 0 N–H and O–H groups in total. The van der Waals surface area contributed by atoms with E-state index in [0.717, 1.165) is 10.9 Å². The number of alkyl halides is 1. The highest BCUT2D eigenvalue weighted by Gasteiger charge is 2.26. The molecule has 0 spiro atoms. The van der Waals surface area contributed by atoms with E-state index in [1.807, 2.05) is 0 Å². The zero-order valence-corrected chi connectivity index (χ0v) is 14.1. The third kappa shape index (κ3) is 2.82. The summed E-state index contributed by atoms with van der Waals surface area (Å²) in [4.78, 5) is 0. The van der Waals surface area contributed by atoms with E-state index in [2.05, 4.69) is 105 Å². The number of rotatable bonds is 2. The minimum absolute atomic E-state index is 0.0763. The zero-order valence-electron chi connectivity index (χ0n) is 10.9. The van der Waals surface area contributed by atoms with Crippen LogP contribution < -0.4 is 0 Å². The fourth-order valence-corrected chi connectivity index (χ4v) is 3.22. The van der Waals surface area contributed by atoms with E-state index in [9.17, 15) is 0 Å². The van der Waals surface area contributed by atoms with Crippen LogP contribution in [0.5, 0.6) is 0 Å². The van der Waals surface area contributed by atoms with Crippen molar-refractivity contribution in [1.82, 2.24) is 0 Å². The lowest BCUT2D eigenvalue weighted by atomic mass is 9.88.